The molecule has 1 atom stereocenters. The van der Waals surface area contributed by atoms with E-state index in [0.717, 1.165) is 25.2 Å². The summed E-state index contributed by atoms with van der Waals surface area (Å²) in [7, 11) is 0. The second-order valence-corrected chi connectivity index (χ2v) is 7.93. The van der Waals surface area contributed by atoms with E-state index in [1.165, 1.54) is 5.56 Å². The smallest absolute Gasteiger partial charge is 0.410 e. The Balaban J connectivity index is 1.48. The van der Waals surface area contributed by atoms with Gasteiger partial charge in [-0.05, 0) is 38.5 Å². The Labute approximate surface area is 159 Å². The van der Waals surface area contributed by atoms with Crippen LogP contribution in [-0.2, 0) is 16.0 Å². The van der Waals surface area contributed by atoms with Crippen molar-refractivity contribution in [3.8, 4) is 0 Å². The average Bonchev–Trinajstić information content (AvgIpc) is 3.01. The van der Waals surface area contributed by atoms with Gasteiger partial charge in [-0.3, -0.25) is 10.3 Å². The number of amides is 1. The number of rotatable bonds is 3. The van der Waals surface area contributed by atoms with Crippen LogP contribution < -0.4 is 5.43 Å². The highest BCUT2D eigenvalue weighted by atomic mass is 32.1. The summed E-state index contributed by atoms with van der Waals surface area (Å²) in [6, 6.07) is 8.15. The van der Waals surface area contributed by atoms with Crippen LogP contribution in [0, 0.1) is 0 Å². The summed E-state index contributed by atoms with van der Waals surface area (Å²) in [5.74, 6) is 0.558. The van der Waals surface area contributed by atoms with Crippen LogP contribution >= 0.6 is 12.6 Å². The Morgan fingerprint density at radius 2 is 1.92 bits per heavy atom. The molecule has 0 radical (unpaired) electrons. The second-order valence-electron chi connectivity index (χ2n) is 7.46. The minimum absolute atomic E-state index is 0.227. The first kappa shape index (κ1) is 18.8. The van der Waals surface area contributed by atoms with E-state index >= 15 is 0 Å². The molecule has 1 aromatic rings. The van der Waals surface area contributed by atoms with Gasteiger partial charge in [-0.25, -0.2) is 4.79 Å². The summed E-state index contributed by atoms with van der Waals surface area (Å²) in [6.07, 6.45) is -0.227. The fraction of sp³-hybridized carbons (Fsp3) is 0.556. The molecule has 1 fully saturated rings. The molecule has 0 bridgehead atoms. The molecule has 0 saturated carbocycles. The third kappa shape index (κ3) is 5.04. The Morgan fingerprint density at radius 1 is 1.27 bits per heavy atom. The molecule has 7 nitrogen and oxygen atoms in total. The second kappa shape index (κ2) is 7.75. The summed E-state index contributed by atoms with van der Waals surface area (Å²) in [5, 5.41) is 4.09. The van der Waals surface area contributed by atoms with Gasteiger partial charge in [0.2, 0.25) is 11.5 Å². The standard InChI is InChI=1S/C18H26N4O3S/c1-18(2,3)25-17(23)22-10-8-21(9-11-22)12-13-4-6-14(7-5-13)15-19-20-16(26)24-15/h4-7,16,20,26H,8-12H2,1-3H3. The van der Waals surface area contributed by atoms with Crippen LogP contribution in [-0.4, -0.2) is 59.1 Å². The maximum absolute atomic E-state index is 12.1. The molecule has 0 spiro atoms. The number of hydrogen-bond donors (Lipinski definition) is 2. The molecular formula is C18H26N4O3S. The Hall–Kier alpha value is -1.93. The van der Waals surface area contributed by atoms with E-state index in [4.69, 9.17) is 9.47 Å². The molecule has 1 unspecified atom stereocenters. The highest BCUT2D eigenvalue weighted by molar-refractivity contribution is 7.80. The Kier molecular flexibility index (Phi) is 5.62. The van der Waals surface area contributed by atoms with Crippen LogP contribution in [0.15, 0.2) is 29.4 Å². The lowest BCUT2D eigenvalue weighted by atomic mass is 10.1. The lowest BCUT2D eigenvalue weighted by molar-refractivity contribution is 0.0139. The molecule has 2 aliphatic heterocycles. The van der Waals surface area contributed by atoms with E-state index in [2.05, 4.69) is 40.2 Å². The SMILES string of the molecule is CC(C)(C)OC(=O)N1CCN(Cc2ccc(C3=NNC(S)O3)cc2)CC1. The molecule has 1 amide bonds. The lowest BCUT2D eigenvalue weighted by Crippen LogP contribution is -2.49. The number of benzene rings is 1. The first-order valence-electron chi connectivity index (χ1n) is 8.78. The van der Waals surface area contributed by atoms with Crippen LogP contribution in [0.25, 0.3) is 0 Å². The van der Waals surface area contributed by atoms with Gasteiger partial charge in [0.05, 0.1) is 0 Å². The van der Waals surface area contributed by atoms with Crippen LogP contribution in [0.3, 0.4) is 0 Å². The van der Waals surface area contributed by atoms with E-state index in [-0.39, 0.29) is 11.7 Å². The van der Waals surface area contributed by atoms with E-state index in [1.54, 1.807) is 4.90 Å². The number of thiol groups is 1. The normalized spacial score (nSPS) is 21.0. The molecule has 0 aromatic heterocycles. The fourth-order valence-electron chi connectivity index (χ4n) is 2.83. The number of piperazine rings is 1. The van der Waals surface area contributed by atoms with Gasteiger partial charge in [0.15, 0.2) is 0 Å². The van der Waals surface area contributed by atoms with Crippen molar-refractivity contribution in [3.63, 3.8) is 0 Å². The number of ether oxygens (including phenoxy) is 2. The zero-order valence-electron chi connectivity index (χ0n) is 15.4. The quantitative estimate of drug-likeness (QED) is 0.790. The minimum Gasteiger partial charge on any atom is -0.444 e. The molecule has 8 heteroatoms. The van der Waals surface area contributed by atoms with Crippen molar-refractivity contribution in [1.82, 2.24) is 15.2 Å². The van der Waals surface area contributed by atoms with E-state index < -0.39 is 5.60 Å². The molecule has 1 saturated heterocycles. The molecule has 1 aromatic carbocycles. The highest BCUT2D eigenvalue weighted by Gasteiger charge is 2.25. The molecule has 1 N–H and O–H groups in total. The number of hydrogen-bond acceptors (Lipinski definition) is 7. The number of hydrazone groups is 1. The van der Waals surface area contributed by atoms with Crippen molar-refractivity contribution >= 4 is 24.6 Å². The average molecular weight is 378 g/mol. The summed E-state index contributed by atoms with van der Waals surface area (Å²) in [6.45, 7) is 9.56. The maximum Gasteiger partial charge on any atom is 0.410 e. The highest BCUT2D eigenvalue weighted by Crippen LogP contribution is 2.15. The lowest BCUT2D eigenvalue weighted by Gasteiger charge is -2.35. The summed E-state index contributed by atoms with van der Waals surface area (Å²) < 4.78 is 10.9. The van der Waals surface area contributed by atoms with E-state index in [1.807, 2.05) is 32.9 Å². The predicted molar refractivity (Wildman–Crippen MR) is 103 cm³/mol. The van der Waals surface area contributed by atoms with Crippen LogP contribution in [0.1, 0.15) is 31.9 Å². The third-order valence-electron chi connectivity index (χ3n) is 4.13. The molecule has 2 aliphatic rings. The molecule has 142 valence electrons. The molecule has 26 heavy (non-hydrogen) atoms. The topological polar surface area (TPSA) is 66.4 Å². The van der Waals surface area contributed by atoms with E-state index in [0.29, 0.717) is 19.0 Å². The first-order valence-corrected chi connectivity index (χ1v) is 9.29. The molecule has 2 heterocycles. The Morgan fingerprint density at radius 3 is 2.46 bits per heavy atom. The monoisotopic (exact) mass is 378 g/mol. The number of carbonyl (C=O) groups excluding carboxylic acids is 1. The van der Waals surface area contributed by atoms with Crippen LogP contribution in [0.2, 0.25) is 0 Å². The Bertz CT molecular complexity index is 664. The number of nitrogens with one attached hydrogen (secondary N) is 1. The third-order valence-corrected chi connectivity index (χ3v) is 4.35. The fourth-order valence-corrected chi connectivity index (χ4v) is 2.99. The van der Waals surface area contributed by atoms with Crippen molar-refractivity contribution in [2.24, 2.45) is 5.10 Å². The molecular weight excluding hydrogens is 352 g/mol. The summed E-state index contributed by atoms with van der Waals surface area (Å²) in [4.78, 5) is 16.2. The van der Waals surface area contributed by atoms with E-state index in [9.17, 15) is 4.79 Å². The van der Waals surface area contributed by atoms with Crippen molar-refractivity contribution in [1.29, 1.82) is 0 Å². The number of nitrogens with zero attached hydrogens (tertiary/aromatic N) is 3. The predicted octanol–water partition coefficient (Wildman–Crippen LogP) is 2.23. The van der Waals surface area contributed by atoms with Gasteiger partial charge in [0.1, 0.15) is 5.60 Å². The van der Waals surface area contributed by atoms with Gasteiger partial charge < -0.3 is 14.4 Å². The van der Waals surface area contributed by atoms with Crippen molar-refractivity contribution < 1.29 is 14.3 Å². The maximum atomic E-state index is 12.1. The minimum atomic E-state index is -0.453. The molecule has 3 rings (SSSR count). The van der Waals surface area contributed by atoms with Crippen molar-refractivity contribution in [2.75, 3.05) is 26.2 Å². The molecule has 0 aliphatic carbocycles. The summed E-state index contributed by atoms with van der Waals surface area (Å²) in [5.41, 5.74) is 4.06. The van der Waals surface area contributed by atoms with Crippen LogP contribution in [0.4, 0.5) is 4.79 Å². The first-order chi connectivity index (χ1) is 12.3. The summed E-state index contributed by atoms with van der Waals surface area (Å²) >= 11 is 4.16. The zero-order valence-corrected chi connectivity index (χ0v) is 16.3. The van der Waals surface area contributed by atoms with Crippen LogP contribution in [0.5, 0.6) is 0 Å². The number of carbonyl (C=O) groups is 1. The van der Waals surface area contributed by atoms with Gasteiger partial charge in [-0.1, -0.05) is 12.1 Å². The van der Waals surface area contributed by atoms with Crippen molar-refractivity contribution in [3.05, 3.63) is 35.4 Å². The van der Waals surface area contributed by atoms with Gasteiger partial charge in [0.25, 0.3) is 0 Å². The van der Waals surface area contributed by atoms with Gasteiger partial charge in [-0.15, -0.1) is 17.7 Å². The zero-order chi connectivity index (χ0) is 18.7. The largest absolute Gasteiger partial charge is 0.444 e. The van der Waals surface area contributed by atoms with Gasteiger partial charge in [-0.2, -0.15) is 0 Å². The van der Waals surface area contributed by atoms with Gasteiger partial charge in [0, 0.05) is 38.3 Å². The van der Waals surface area contributed by atoms with Crippen molar-refractivity contribution in [2.45, 2.75) is 38.5 Å². The van der Waals surface area contributed by atoms with Gasteiger partial charge >= 0.3 is 6.09 Å².